The van der Waals surface area contributed by atoms with Gasteiger partial charge in [-0.1, -0.05) is 25.7 Å². The summed E-state index contributed by atoms with van der Waals surface area (Å²) in [5.74, 6) is 2.04. The SMILES string of the molecule is FC(F)(F)COCCn1nc(COCC2CCCCCC2)c2nc(N3CCNCC3)nc(Nc3ccncn3)c21. The molecule has 3 aromatic heterocycles. The number of ether oxygens (including phenoxy) is 2. The molecule has 0 aromatic carbocycles. The number of hydrogen-bond acceptors (Lipinski definition) is 10. The lowest BCUT2D eigenvalue weighted by Gasteiger charge is -2.27. The van der Waals surface area contributed by atoms with Crippen molar-refractivity contribution in [2.24, 2.45) is 5.92 Å². The van der Waals surface area contributed by atoms with E-state index in [1.165, 1.54) is 32.0 Å². The number of anilines is 3. The predicted octanol–water partition coefficient (Wildman–Crippen LogP) is 3.84. The highest BCUT2D eigenvalue weighted by atomic mass is 19.4. The molecule has 0 radical (unpaired) electrons. The first kappa shape index (κ1) is 28.4. The minimum Gasteiger partial charge on any atom is -0.375 e. The van der Waals surface area contributed by atoms with Gasteiger partial charge in [-0.15, -0.1) is 0 Å². The van der Waals surface area contributed by atoms with E-state index in [1.54, 1.807) is 16.9 Å². The Morgan fingerprint density at radius 2 is 1.85 bits per heavy atom. The van der Waals surface area contributed by atoms with E-state index < -0.39 is 12.8 Å². The maximum atomic E-state index is 12.7. The number of piperazine rings is 1. The number of aromatic nitrogens is 6. The Morgan fingerprint density at radius 3 is 2.58 bits per heavy atom. The molecule has 2 N–H and O–H groups in total. The molecule has 3 aromatic rings. The maximum Gasteiger partial charge on any atom is 0.411 e. The quantitative estimate of drug-likeness (QED) is 0.263. The summed E-state index contributed by atoms with van der Waals surface area (Å²) in [5, 5.41) is 11.3. The van der Waals surface area contributed by atoms with Crippen molar-refractivity contribution in [1.29, 1.82) is 0 Å². The molecule has 0 spiro atoms. The average molecular weight is 564 g/mol. The Kier molecular flexibility index (Phi) is 9.60. The summed E-state index contributed by atoms with van der Waals surface area (Å²) in [5.41, 5.74) is 1.77. The number of nitrogens with one attached hydrogen (secondary N) is 2. The second kappa shape index (κ2) is 13.5. The van der Waals surface area contributed by atoms with Crippen molar-refractivity contribution >= 4 is 28.6 Å². The monoisotopic (exact) mass is 563 g/mol. The van der Waals surface area contributed by atoms with Crippen molar-refractivity contribution < 1.29 is 22.6 Å². The Balaban J connectivity index is 1.46. The summed E-state index contributed by atoms with van der Waals surface area (Å²) in [6, 6.07) is 1.71. The van der Waals surface area contributed by atoms with Crippen molar-refractivity contribution in [3.63, 3.8) is 0 Å². The van der Waals surface area contributed by atoms with Crippen LogP contribution in [-0.4, -0.2) is 81.9 Å². The molecule has 14 heteroatoms. The fraction of sp³-hybridized carbons (Fsp3) is 0.654. The predicted molar refractivity (Wildman–Crippen MR) is 143 cm³/mol. The molecule has 2 fully saturated rings. The van der Waals surface area contributed by atoms with Gasteiger partial charge in [-0.3, -0.25) is 4.68 Å². The van der Waals surface area contributed by atoms with Crippen LogP contribution >= 0.6 is 0 Å². The zero-order valence-electron chi connectivity index (χ0n) is 22.5. The van der Waals surface area contributed by atoms with Gasteiger partial charge < -0.3 is 25.0 Å². The first-order valence-corrected chi connectivity index (χ1v) is 13.9. The van der Waals surface area contributed by atoms with Crippen LogP contribution in [-0.2, 0) is 22.6 Å². The van der Waals surface area contributed by atoms with Crippen LogP contribution in [0.5, 0.6) is 0 Å². The lowest BCUT2D eigenvalue weighted by molar-refractivity contribution is -0.174. The molecule has 1 aliphatic heterocycles. The largest absolute Gasteiger partial charge is 0.411 e. The molecule has 1 saturated carbocycles. The Hall–Kier alpha value is -3.10. The number of hydrogen-bond donors (Lipinski definition) is 2. The molecule has 4 heterocycles. The van der Waals surface area contributed by atoms with Crippen molar-refractivity contribution in [3.8, 4) is 0 Å². The van der Waals surface area contributed by atoms with Crippen molar-refractivity contribution in [2.75, 3.05) is 56.2 Å². The molecule has 0 atom stereocenters. The summed E-state index contributed by atoms with van der Waals surface area (Å²) in [4.78, 5) is 20.0. The van der Waals surface area contributed by atoms with E-state index in [0.29, 0.717) is 46.8 Å². The fourth-order valence-electron chi connectivity index (χ4n) is 5.16. The molecule has 218 valence electrons. The molecule has 1 aliphatic carbocycles. The van der Waals surface area contributed by atoms with Crippen molar-refractivity contribution in [1.82, 2.24) is 35.0 Å². The van der Waals surface area contributed by atoms with Gasteiger partial charge in [0, 0.05) is 39.0 Å². The molecule has 2 aliphatic rings. The Bertz CT molecular complexity index is 1210. The lowest BCUT2D eigenvalue weighted by atomic mass is 10.0. The third kappa shape index (κ3) is 7.76. The van der Waals surface area contributed by atoms with E-state index in [-0.39, 0.29) is 19.8 Å². The Morgan fingerprint density at radius 1 is 1.05 bits per heavy atom. The topological polar surface area (TPSA) is 115 Å². The molecule has 40 heavy (non-hydrogen) atoms. The van der Waals surface area contributed by atoms with E-state index in [9.17, 15) is 13.2 Å². The molecule has 11 nitrogen and oxygen atoms in total. The first-order valence-electron chi connectivity index (χ1n) is 13.9. The van der Waals surface area contributed by atoms with Crippen LogP contribution in [0.15, 0.2) is 18.6 Å². The summed E-state index contributed by atoms with van der Waals surface area (Å²) in [6.07, 6.45) is 5.95. The van der Waals surface area contributed by atoms with Crippen molar-refractivity contribution in [2.45, 2.75) is 57.9 Å². The minimum absolute atomic E-state index is 0.0873. The standard InChI is InChI=1S/C26H36F3N9O2/c27-26(28,29)17-39-14-13-38-23-22(20(36-38)16-40-15-19-5-3-1-2-4-6-19)34-25(37-11-9-30-10-12-37)35-24(23)33-21-7-8-31-18-32-21/h7-8,18-19,30H,1-6,9-17H2,(H,31,32,33,34,35). The Labute approximate surface area is 230 Å². The van der Waals surface area contributed by atoms with Gasteiger partial charge in [0.25, 0.3) is 0 Å². The van der Waals surface area contributed by atoms with Gasteiger partial charge in [0.2, 0.25) is 5.95 Å². The van der Waals surface area contributed by atoms with E-state index in [4.69, 9.17) is 24.5 Å². The lowest BCUT2D eigenvalue weighted by Crippen LogP contribution is -2.44. The second-order valence-corrected chi connectivity index (χ2v) is 10.2. The third-order valence-electron chi connectivity index (χ3n) is 7.15. The van der Waals surface area contributed by atoms with Crippen LogP contribution in [0, 0.1) is 5.92 Å². The van der Waals surface area contributed by atoms with Crippen molar-refractivity contribution in [3.05, 3.63) is 24.3 Å². The summed E-state index contributed by atoms with van der Waals surface area (Å²) in [6.45, 7) is 2.58. The third-order valence-corrected chi connectivity index (χ3v) is 7.15. The normalized spacial score (nSPS) is 17.3. The van der Waals surface area contributed by atoms with E-state index in [2.05, 4.69) is 25.5 Å². The van der Waals surface area contributed by atoms with E-state index >= 15 is 0 Å². The smallest absolute Gasteiger partial charge is 0.375 e. The number of halogens is 3. The van der Waals surface area contributed by atoms with Crippen LogP contribution in [0.2, 0.25) is 0 Å². The van der Waals surface area contributed by atoms with Gasteiger partial charge in [-0.05, 0) is 24.8 Å². The van der Waals surface area contributed by atoms with Crippen LogP contribution in [0.1, 0.15) is 44.2 Å². The van der Waals surface area contributed by atoms with Crippen LogP contribution < -0.4 is 15.5 Å². The van der Waals surface area contributed by atoms with Gasteiger partial charge >= 0.3 is 6.18 Å². The summed E-state index contributed by atoms with van der Waals surface area (Å²) >= 11 is 0. The maximum absolute atomic E-state index is 12.7. The molecule has 0 amide bonds. The highest BCUT2D eigenvalue weighted by Gasteiger charge is 2.28. The molecule has 0 unspecified atom stereocenters. The highest BCUT2D eigenvalue weighted by Crippen LogP contribution is 2.30. The van der Waals surface area contributed by atoms with Gasteiger partial charge in [-0.2, -0.15) is 23.3 Å². The summed E-state index contributed by atoms with van der Waals surface area (Å²) < 4.78 is 50.7. The summed E-state index contributed by atoms with van der Waals surface area (Å²) in [7, 11) is 0. The van der Waals surface area contributed by atoms with Crippen LogP contribution in [0.3, 0.4) is 0 Å². The van der Waals surface area contributed by atoms with Crippen LogP contribution in [0.25, 0.3) is 11.0 Å². The van der Waals surface area contributed by atoms with E-state index in [1.807, 2.05) is 0 Å². The average Bonchev–Trinajstić information content (AvgIpc) is 3.10. The number of nitrogens with zero attached hydrogens (tertiary/aromatic N) is 7. The van der Waals surface area contributed by atoms with Gasteiger partial charge in [0.05, 0.1) is 19.8 Å². The van der Waals surface area contributed by atoms with Gasteiger partial charge in [-0.25, -0.2) is 15.0 Å². The minimum atomic E-state index is -4.40. The first-order chi connectivity index (χ1) is 19.5. The van der Waals surface area contributed by atoms with Gasteiger partial charge in [0.15, 0.2) is 5.82 Å². The molecular formula is C26H36F3N9O2. The fourth-order valence-corrected chi connectivity index (χ4v) is 5.16. The molecule has 5 rings (SSSR count). The highest BCUT2D eigenvalue weighted by molar-refractivity contribution is 5.90. The second-order valence-electron chi connectivity index (χ2n) is 10.2. The zero-order chi connectivity index (χ0) is 27.8. The number of fused-ring (bicyclic) bond motifs is 1. The molecule has 1 saturated heterocycles. The van der Waals surface area contributed by atoms with Crippen LogP contribution in [0.4, 0.5) is 30.8 Å². The molecule has 0 bridgehead atoms. The number of rotatable bonds is 11. The number of alkyl halides is 3. The zero-order valence-corrected chi connectivity index (χ0v) is 22.5. The molecular weight excluding hydrogens is 527 g/mol. The van der Waals surface area contributed by atoms with E-state index in [0.717, 1.165) is 39.0 Å². The van der Waals surface area contributed by atoms with Gasteiger partial charge in [0.1, 0.15) is 35.5 Å².